The first-order valence-electron chi connectivity index (χ1n) is 5.41. The van der Waals surface area contributed by atoms with Crippen LogP contribution < -0.4 is 5.32 Å². The largest absolute Gasteiger partial charge is 0.392 e. The maximum Gasteiger partial charge on any atom is 0.220 e. The van der Waals surface area contributed by atoms with Crippen LogP contribution in [0.2, 0.25) is 0 Å². The molecule has 0 aromatic heterocycles. The van der Waals surface area contributed by atoms with Crippen LogP contribution in [0.3, 0.4) is 0 Å². The van der Waals surface area contributed by atoms with E-state index in [4.69, 9.17) is 5.11 Å². The van der Waals surface area contributed by atoms with E-state index in [0.717, 1.165) is 4.90 Å². The third kappa shape index (κ3) is 6.28. The van der Waals surface area contributed by atoms with Crippen molar-refractivity contribution in [3.63, 3.8) is 0 Å². The molecule has 3 nitrogen and oxygen atoms in total. The minimum absolute atomic E-state index is 0.0829. The van der Waals surface area contributed by atoms with Crippen molar-refractivity contribution in [2.24, 2.45) is 0 Å². The number of rotatable bonds is 6. The Morgan fingerprint density at radius 2 is 2.12 bits per heavy atom. The lowest BCUT2D eigenvalue weighted by Gasteiger charge is -2.06. The van der Waals surface area contributed by atoms with E-state index in [1.165, 1.54) is 23.9 Å². The molecule has 0 bridgehead atoms. The Labute approximate surface area is 104 Å². The number of hydrogen-bond acceptors (Lipinski definition) is 3. The van der Waals surface area contributed by atoms with Gasteiger partial charge in [0.15, 0.2) is 0 Å². The summed E-state index contributed by atoms with van der Waals surface area (Å²) in [6.07, 6.45) is -0.141. The maximum atomic E-state index is 12.6. The van der Waals surface area contributed by atoms with Crippen molar-refractivity contribution < 1.29 is 14.3 Å². The second kappa shape index (κ2) is 7.29. The Kier molecular flexibility index (Phi) is 6.00. The molecule has 0 fully saturated rings. The second-order valence-corrected chi connectivity index (χ2v) is 4.87. The van der Waals surface area contributed by atoms with Crippen molar-refractivity contribution in [2.45, 2.75) is 24.3 Å². The van der Waals surface area contributed by atoms with Crippen molar-refractivity contribution in [1.82, 2.24) is 5.32 Å². The van der Waals surface area contributed by atoms with Gasteiger partial charge in [-0.15, -0.1) is 11.8 Å². The molecule has 0 aliphatic carbocycles. The summed E-state index contributed by atoms with van der Waals surface area (Å²) in [4.78, 5) is 12.2. The molecule has 2 N–H and O–H groups in total. The van der Waals surface area contributed by atoms with Crippen LogP contribution >= 0.6 is 11.8 Å². The topological polar surface area (TPSA) is 49.3 Å². The van der Waals surface area contributed by atoms with Crippen LogP contribution in [0, 0.1) is 5.82 Å². The van der Waals surface area contributed by atoms with Crippen molar-refractivity contribution in [3.8, 4) is 0 Å². The summed E-state index contributed by atoms with van der Waals surface area (Å²) in [7, 11) is 0. The maximum absolute atomic E-state index is 12.6. The van der Waals surface area contributed by atoms with E-state index in [0.29, 0.717) is 12.2 Å². The molecular weight excluding hydrogens is 241 g/mol. The number of nitrogens with one attached hydrogen (secondary N) is 1. The number of carbonyl (C=O) groups excluding carboxylic acids is 1. The summed E-state index contributed by atoms with van der Waals surface area (Å²) < 4.78 is 12.6. The van der Waals surface area contributed by atoms with E-state index >= 15 is 0 Å². The van der Waals surface area contributed by atoms with Gasteiger partial charge >= 0.3 is 0 Å². The van der Waals surface area contributed by atoms with E-state index in [1.807, 2.05) is 0 Å². The predicted octanol–water partition coefficient (Wildman–Crippen LogP) is 1.80. The van der Waals surface area contributed by atoms with E-state index < -0.39 is 6.10 Å². The molecular formula is C12H16FNO2S. The number of amides is 1. The standard InChI is InChI=1S/C12H16FNO2S/c1-9(15)8-14-12(16)6-7-17-11-4-2-10(13)3-5-11/h2-5,9,15H,6-8H2,1H3,(H,14,16). The van der Waals surface area contributed by atoms with Crippen LogP contribution in [0.15, 0.2) is 29.2 Å². The number of hydrogen-bond donors (Lipinski definition) is 2. The van der Waals surface area contributed by atoms with Gasteiger partial charge < -0.3 is 10.4 Å². The van der Waals surface area contributed by atoms with Crippen LogP contribution in [0.25, 0.3) is 0 Å². The molecule has 1 atom stereocenters. The molecule has 0 aliphatic heterocycles. The number of thioether (sulfide) groups is 1. The van der Waals surface area contributed by atoms with Crippen LogP contribution in [0.5, 0.6) is 0 Å². The average Bonchev–Trinajstić information content (AvgIpc) is 2.29. The van der Waals surface area contributed by atoms with Crippen molar-refractivity contribution in [1.29, 1.82) is 0 Å². The Hall–Kier alpha value is -1.07. The number of benzene rings is 1. The summed E-state index contributed by atoms with van der Waals surface area (Å²) in [6.45, 7) is 1.90. The fraction of sp³-hybridized carbons (Fsp3) is 0.417. The van der Waals surface area contributed by atoms with Gasteiger partial charge in [-0.1, -0.05) is 0 Å². The third-order valence-electron chi connectivity index (χ3n) is 2.01. The minimum Gasteiger partial charge on any atom is -0.392 e. The predicted molar refractivity (Wildman–Crippen MR) is 66.4 cm³/mol. The molecule has 5 heteroatoms. The lowest BCUT2D eigenvalue weighted by molar-refractivity contribution is -0.121. The quantitative estimate of drug-likeness (QED) is 0.764. The first kappa shape index (κ1) is 14.0. The lowest BCUT2D eigenvalue weighted by Crippen LogP contribution is -2.30. The molecule has 94 valence electrons. The van der Waals surface area contributed by atoms with Gasteiger partial charge in [0, 0.05) is 23.6 Å². The lowest BCUT2D eigenvalue weighted by atomic mass is 10.3. The Morgan fingerprint density at radius 3 is 2.71 bits per heavy atom. The first-order valence-corrected chi connectivity index (χ1v) is 6.39. The van der Waals surface area contributed by atoms with Crippen LogP contribution in [0.1, 0.15) is 13.3 Å². The smallest absolute Gasteiger partial charge is 0.220 e. The molecule has 0 saturated heterocycles. The number of aliphatic hydroxyl groups excluding tert-OH is 1. The highest BCUT2D eigenvalue weighted by atomic mass is 32.2. The molecule has 0 radical (unpaired) electrons. The molecule has 1 aromatic rings. The van der Waals surface area contributed by atoms with Crippen molar-refractivity contribution in [3.05, 3.63) is 30.1 Å². The van der Waals surface area contributed by atoms with Gasteiger partial charge in [0.05, 0.1) is 6.10 Å². The Morgan fingerprint density at radius 1 is 1.47 bits per heavy atom. The number of aliphatic hydroxyl groups is 1. The first-order chi connectivity index (χ1) is 8.08. The summed E-state index contributed by atoms with van der Waals surface area (Å²) in [5, 5.41) is 11.6. The van der Waals surface area contributed by atoms with Crippen molar-refractivity contribution in [2.75, 3.05) is 12.3 Å². The second-order valence-electron chi connectivity index (χ2n) is 3.71. The highest BCUT2D eigenvalue weighted by Crippen LogP contribution is 2.18. The van der Waals surface area contributed by atoms with Crippen LogP contribution in [0.4, 0.5) is 4.39 Å². The van der Waals surface area contributed by atoms with E-state index in [2.05, 4.69) is 5.32 Å². The monoisotopic (exact) mass is 257 g/mol. The molecule has 0 heterocycles. The zero-order chi connectivity index (χ0) is 12.7. The van der Waals surface area contributed by atoms with Gasteiger partial charge in [0.2, 0.25) is 5.91 Å². The highest BCUT2D eigenvalue weighted by molar-refractivity contribution is 7.99. The van der Waals surface area contributed by atoms with E-state index in [1.54, 1.807) is 19.1 Å². The number of carbonyl (C=O) groups is 1. The Balaban J connectivity index is 2.19. The van der Waals surface area contributed by atoms with Crippen LogP contribution in [-0.2, 0) is 4.79 Å². The SMILES string of the molecule is CC(O)CNC(=O)CCSc1ccc(F)cc1. The molecule has 1 amide bonds. The summed E-state index contributed by atoms with van der Waals surface area (Å²) >= 11 is 1.50. The van der Waals surface area contributed by atoms with Gasteiger partial charge in [0.1, 0.15) is 5.82 Å². The van der Waals surface area contributed by atoms with Crippen LogP contribution in [-0.4, -0.2) is 29.4 Å². The zero-order valence-corrected chi connectivity index (χ0v) is 10.5. The normalized spacial score (nSPS) is 12.2. The fourth-order valence-electron chi connectivity index (χ4n) is 1.14. The van der Waals surface area contributed by atoms with E-state index in [9.17, 15) is 9.18 Å². The van der Waals surface area contributed by atoms with Gasteiger partial charge in [0.25, 0.3) is 0 Å². The van der Waals surface area contributed by atoms with Gasteiger partial charge in [-0.05, 0) is 31.2 Å². The molecule has 1 unspecified atom stereocenters. The molecule has 17 heavy (non-hydrogen) atoms. The summed E-state index contributed by atoms with van der Waals surface area (Å²) in [5.74, 6) is 0.293. The highest BCUT2D eigenvalue weighted by Gasteiger charge is 2.03. The molecule has 0 aliphatic rings. The van der Waals surface area contributed by atoms with Crippen molar-refractivity contribution >= 4 is 17.7 Å². The molecule has 0 saturated carbocycles. The van der Waals surface area contributed by atoms with E-state index in [-0.39, 0.29) is 18.3 Å². The minimum atomic E-state index is -0.524. The third-order valence-corrected chi connectivity index (χ3v) is 3.02. The average molecular weight is 257 g/mol. The van der Waals surface area contributed by atoms with Gasteiger partial charge in [-0.2, -0.15) is 0 Å². The van der Waals surface area contributed by atoms with Gasteiger partial charge in [-0.3, -0.25) is 4.79 Å². The molecule has 0 spiro atoms. The Bertz CT molecular complexity index is 354. The molecule has 1 aromatic carbocycles. The summed E-state index contributed by atoms with van der Waals surface area (Å²) in [5.41, 5.74) is 0. The fourth-order valence-corrected chi connectivity index (χ4v) is 1.99. The zero-order valence-electron chi connectivity index (χ0n) is 9.65. The summed E-state index contributed by atoms with van der Waals surface area (Å²) in [6, 6.07) is 6.17. The number of halogens is 1. The molecule has 1 rings (SSSR count). The van der Waals surface area contributed by atoms with Gasteiger partial charge in [-0.25, -0.2) is 4.39 Å².